The number of hydrogen-bond acceptors (Lipinski definition) is 4. The van der Waals surface area contributed by atoms with Crippen molar-refractivity contribution in [2.24, 2.45) is 0 Å². The van der Waals surface area contributed by atoms with Crippen LogP contribution in [0.1, 0.15) is 17.6 Å². The summed E-state index contributed by atoms with van der Waals surface area (Å²) >= 11 is 5.77. The Balaban J connectivity index is 1.79. The highest BCUT2D eigenvalue weighted by atomic mass is 35.5. The minimum Gasteiger partial charge on any atom is -0.367 e. The number of nitrogens with zero attached hydrogens (tertiary/aromatic N) is 4. The van der Waals surface area contributed by atoms with Gasteiger partial charge in [0.15, 0.2) is 18.1 Å². The van der Waals surface area contributed by atoms with Gasteiger partial charge in [0, 0.05) is 26.2 Å². The van der Waals surface area contributed by atoms with Crippen LogP contribution in [0.15, 0.2) is 24.3 Å². The lowest BCUT2D eigenvalue weighted by molar-refractivity contribution is -0.142. The van der Waals surface area contributed by atoms with Gasteiger partial charge < -0.3 is 4.90 Å². The van der Waals surface area contributed by atoms with Crippen molar-refractivity contribution in [3.8, 4) is 0 Å². The van der Waals surface area contributed by atoms with Gasteiger partial charge in [0.05, 0.1) is 16.4 Å². The van der Waals surface area contributed by atoms with Crippen LogP contribution < -0.4 is 4.90 Å². The molecule has 0 amide bonds. The van der Waals surface area contributed by atoms with Crippen LogP contribution in [0.25, 0.3) is 0 Å². The molecule has 1 aliphatic rings. The number of halogens is 5. The Labute approximate surface area is 158 Å². The summed E-state index contributed by atoms with van der Waals surface area (Å²) in [5.41, 5.74) is -0.686. The van der Waals surface area contributed by atoms with Gasteiger partial charge in [0.25, 0.3) is 0 Å². The molecule has 0 bridgehead atoms. The van der Waals surface area contributed by atoms with E-state index in [1.165, 1.54) is 13.0 Å². The lowest BCUT2D eigenvalue weighted by Crippen LogP contribution is -2.49. The van der Waals surface area contributed by atoms with Crippen LogP contribution in [0, 0.1) is 12.7 Å². The van der Waals surface area contributed by atoms with Gasteiger partial charge in [-0.15, -0.1) is 0 Å². The van der Waals surface area contributed by atoms with Gasteiger partial charge in [-0.3, -0.25) is 9.69 Å². The van der Waals surface area contributed by atoms with Gasteiger partial charge in [-0.05, 0) is 19.1 Å². The fraction of sp³-hybridized carbons (Fsp3) is 0.412. The Morgan fingerprint density at radius 2 is 1.81 bits per heavy atom. The molecule has 3 rings (SSSR count). The van der Waals surface area contributed by atoms with E-state index < -0.39 is 23.1 Å². The highest BCUT2D eigenvalue weighted by Crippen LogP contribution is 2.36. The fourth-order valence-electron chi connectivity index (χ4n) is 3.17. The summed E-state index contributed by atoms with van der Waals surface area (Å²) < 4.78 is 54.0. The molecule has 0 radical (unpaired) electrons. The normalized spacial score (nSPS) is 17.2. The van der Waals surface area contributed by atoms with E-state index in [1.807, 2.05) is 4.90 Å². The number of rotatable bonds is 4. The first-order valence-electron chi connectivity index (χ1n) is 8.24. The van der Waals surface area contributed by atoms with E-state index in [1.54, 1.807) is 23.1 Å². The number of aromatic nitrogens is 2. The zero-order valence-corrected chi connectivity index (χ0v) is 15.1. The van der Waals surface area contributed by atoms with Crippen molar-refractivity contribution in [3.05, 3.63) is 46.5 Å². The molecule has 1 aromatic carbocycles. The van der Waals surface area contributed by atoms with E-state index in [0.29, 0.717) is 38.2 Å². The second-order valence-electron chi connectivity index (χ2n) is 6.21. The lowest BCUT2D eigenvalue weighted by Gasteiger charge is -2.38. The molecule has 1 aliphatic heterocycles. The van der Waals surface area contributed by atoms with E-state index in [4.69, 9.17) is 11.6 Å². The largest absolute Gasteiger partial charge is 0.436 e. The molecule has 1 saturated heterocycles. The summed E-state index contributed by atoms with van der Waals surface area (Å²) in [6, 6.07) is 6.35. The van der Waals surface area contributed by atoms with E-state index in [-0.39, 0.29) is 11.5 Å². The van der Waals surface area contributed by atoms with Gasteiger partial charge in [0.2, 0.25) is 0 Å². The first kappa shape index (κ1) is 19.6. The highest BCUT2D eigenvalue weighted by molar-refractivity contribution is 6.32. The smallest absolute Gasteiger partial charge is 0.367 e. The molecule has 1 aromatic heterocycles. The third-order valence-electron chi connectivity index (χ3n) is 4.60. The molecule has 0 saturated carbocycles. The molecule has 1 atom stereocenters. The van der Waals surface area contributed by atoms with Gasteiger partial charge in [-0.2, -0.15) is 18.3 Å². The van der Waals surface area contributed by atoms with Crippen LogP contribution in [-0.2, 0) is 11.0 Å². The number of carbonyl (C=O) groups is 1. The van der Waals surface area contributed by atoms with Crippen molar-refractivity contribution in [1.29, 1.82) is 0 Å². The Bertz CT molecular complexity index is 831. The zero-order valence-electron chi connectivity index (χ0n) is 14.4. The second kappa shape index (κ2) is 7.47. The minimum atomic E-state index is -4.70. The summed E-state index contributed by atoms with van der Waals surface area (Å²) in [6.45, 7) is 2.94. The number of carbonyl (C=O) groups excluding carboxylic acids is 1. The third kappa shape index (κ3) is 3.79. The molecule has 27 heavy (non-hydrogen) atoms. The number of anilines is 1. The first-order valence-corrected chi connectivity index (χ1v) is 8.62. The topological polar surface area (TPSA) is 41.4 Å². The summed E-state index contributed by atoms with van der Waals surface area (Å²) in [5.74, 6) is -0.345. The van der Waals surface area contributed by atoms with Crippen molar-refractivity contribution < 1.29 is 22.4 Å². The maximum absolute atomic E-state index is 13.9. The maximum Gasteiger partial charge on any atom is 0.436 e. The number of alkyl halides is 3. The summed E-state index contributed by atoms with van der Waals surface area (Å²) in [4.78, 5) is 15.2. The molecule has 1 fully saturated rings. The van der Waals surface area contributed by atoms with Crippen molar-refractivity contribution in [2.45, 2.75) is 19.3 Å². The average Bonchev–Trinajstić information content (AvgIpc) is 2.93. The van der Waals surface area contributed by atoms with Crippen molar-refractivity contribution in [2.75, 3.05) is 31.1 Å². The number of hydrogen-bond donors (Lipinski definition) is 0. The molecule has 0 spiro atoms. The van der Waals surface area contributed by atoms with Gasteiger partial charge in [-0.25, -0.2) is 9.07 Å². The van der Waals surface area contributed by atoms with Crippen LogP contribution >= 0.6 is 11.6 Å². The molecule has 5 nitrogen and oxygen atoms in total. The molecule has 0 aliphatic carbocycles. The predicted octanol–water partition coefficient (Wildman–Crippen LogP) is 3.52. The standard InChI is InChI=1S/C17H17ClF4N4O/c1-11-15(18)16(17(20,21)22)23-26(11)14(10-27)25-8-6-24(7-9-25)13-5-3-2-4-12(13)19/h2-5,10,14H,6-9H2,1H3. The number of para-hydroxylation sites is 1. The van der Waals surface area contributed by atoms with Crippen molar-refractivity contribution in [1.82, 2.24) is 14.7 Å². The Kier molecular flexibility index (Phi) is 5.43. The van der Waals surface area contributed by atoms with Crippen LogP contribution in [-0.4, -0.2) is 47.1 Å². The minimum absolute atomic E-state index is 0.0672. The Hall–Kier alpha value is -2.13. The fourth-order valence-corrected chi connectivity index (χ4v) is 3.40. The molecule has 146 valence electrons. The summed E-state index contributed by atoms with van der Waals surface area (Å²) in [5, 5.41) is 3.02. The molecule has 10 heteroatoms. The quantitative estimate of drug-likeness (QED) is 0.577. The molecular weight excluding hydrogens is 388 g/mol. The molecule has 2 aromatic rings. The van der Waals surface area contributed by atoms with Crippen LogP contribution in [0.2, 0.25) is 5.02 Å². The first-order chi connectivity index (χ1) is 12.7. The number of piperazine rings is 1. The van der Waals surface area contributed by atoms with Crippen LogP contribution in [0.5, 0.6) is 0 Å². The summed E-state index contributed by atoms with van der Waals surface area (Å²) in [7, 11) is 0. The monoisotopic (exact) mass is 404 g/mol. The van der Waals surface area contributed by atoms with Gasteiger partial charge in [0.1, 0.15) is 5.82 Å². The Morgan fingerprint density at radius 3 is 2.33 bits per heavy atom. The predicted molar refractivity (Wildman–Crippen MR) is 92.3 cm³/mol. The molecule has 1 unspecified atom stereocenters. The van der Waals surface area contributed by atoms with Gasteiger partial charge >= 0.3 is 6.18 Å². The maximum atomic E-state index is 13.9. The van der Waals surface area contributed by atoms with Gasteiger partial charge in [-0.1, -0.05) is 23.7 Å². The van der Waals surface area contributed by atoms with Crippen molar-refractivity contribution >= 4 is 23.6 Å². The molecular formula is C17H17ClF4N4O. The lowest BCUT2D eigenvalue weighted by atomic mass is 10.2. The second-order valence-corrected chi connectivity index (χ2v) is 6.59. The highest BCUT2D eigenvalue weighted by Gasteiger charge is 2.39. The molecule has 0 N–H and O–H groups in total. The van der Waals surface area contributed by atoms with E-state index in [0.717, 1.165) is 4.68 Å². The zero-order chi connectivity index (χ0) is 19.8. The van der Waals surface area contributed by atoms with E-state index in [2.05, 4.69) is 5.10 Å². The average molecular weight is 405 g/mol. The third-order valence-corrected chi connectivity index (χ3v) is 5.05. The summed E-state index contributed by atoms with van der Waals surface area (Å²) in [6.07, 6.45) is -5.18. The Morgan fingerprint density at radius 1 is 1.19 bits per heavy atom. The molecule has 2 heterocycles. The van der Waals surface area contributed by atoms with E-state index in [9.17, 15) is 22.4 Å². The van der Waals surface area contributed by atoms with Crippen LogP contribution in [0.3, 0.4) is 0 Å². The number of benzene rings is 1. The number of aldehydes is 1. The van der Waals surface area contributed by atoms with Crippen molar-refractivity contribution in [3.63, 3.8) is 0 Å². The SMILES string of the molecule is Cc1c(Cl)c(C(F)(F)F)nn1C(C=O)N1CCN(c2ccccc2F)CC1. The van der Waals surface area contributed by atoms with E-state index >= 15 is 0 Å². The van der Waals surface area contributed by atoms with Crippen LogP contribution in [0.4, 0.5) is 23.2 Å².